The number of nitrogens with one attached hydrogen (secondary N) is 1. The van der Waals surface area contributed by atoms with E-state index in [2.05, 4.69) is 21.8 Å². The number of rotatable bonds is 3. The smallest absolute Gasteiger partial charge is 0.335 e. The lowest BCUT2D eigenvalue weighted by molar-refractivity contribution is 0.0697. The van der Waals surface area contributed by atoms with Crippen molar-refractivity contribution < 1.29 is 9.90 Å². The minimum atomic E-state index is -1.02. The molecule has 2 heterocycles. The van der Waals surface area contributed by atoms with Crippen LogP contribution in [0.2, 0.25) is 0 Å². The second kappa shape index (κ2) is 6.14. The van der Waals surface area contributed by atoms with Crippen molar-refractivity contribution in [3.63, 3.8) is 0 Å². The van der Waals surface area contributed by atoms with E-state index in [-0.39, 0.29) is 11.0 Å². The second-order valence-corrected chi connectivity index (χ2v) is 6.20. The van der Waals surface area contributed by atoms with Crippen LogP contribution in [0, 0.1) is 6.92 Å². The highest BCUT2D eigenvalue weighted by atomic mass is 16.4. The van der Waals surface area contributed by atoms with Crippen LogP contribution in [0.25, 0.3) is 10.9 Å². The molecule has 0 bridgehead atoms. The number of hydrogen-bond donors (Lipinski definition) is 2. The van der Waals surface area contributed by atoms with E-state index in [1.54, 1.807) is 6.07 Å². The Morgan fingerprint density at radius 3 is 2.61 bits per heavy atom. The van der Waals surface area contributed by atoms with Gasteiger partial charge in [0.1, 0.15) is 0 Å². The number of likely N-dealkylation sites (N-methyl/N-ethyl adjacent to an activating group) is 1. The van der Waals surface area contributed by atoms with E-state index in [1.165, 1.54) is 12.1 Å². The number of fused-ring (bicyclic) bond motifs is 1. The molecule has 3 rings (SSSR count). The van der Waals surface area contributed by atoms with E-state index in [1.807, 2.05) is 6.92 Å². The minimum Gasteiger partial charge on any atom is -0.478 e. The molecule has 1 aromatic carbocycles. The van der Waals surface area contributed by atoms with Crippen LogP contribution < -0.4 is 5.43 Å². The van der Waals surface area contributed by atoms with Crippen LogP contribution >= 0.6 is 0 Å². The predicted molar refractivity (Wildman–Crippen MR) is 89.0 cm³/mol. The normalized spacial score (nSPS) is 16.8. The molecule has 0 unspecified atom stereocenters. The van der Waals surface area contributed by atoms with Gasteiger partial charge in [0.25, 0.3) is 0 Å². The van der Waals surface area contributed by atoms with E-state index in [4.69, 9.17) is 5.11 Å². The van der Waals surface area contributed by atoms with Crippen molar-refractivity contribution in [1.29, 1.82) is 0 Å². The van der Waals surface area contributed by atoms with Crippen molar-refractivity contribution in [1.82, 2.24) is 14.8 Å². The SMILES string of the molecule is Cc1[nH]c2ccc(C(=O)O)cc2c(=O)c1CN1CCN(C)CC1. The number of aromatic amines is 1. The number of aryl methyl sites for hydroxylation is 1. The van der Waals surface area contributed by atoms with Crippen LogP contribution in [0.3, 0.4) is 0 Å². The summed E-state index contributed by atoms with van der Waals surface area (Å²) in [5.41, 5.74) is 2.32. The number of carboxylic acids is 1. The van der Waals surface area contributed by atoms with Gasteiger partial charge in [-0.25, -0.2) is 4.79 Å². The Labute approximate surface area is 134 Å². The van der Waals surface area contributed by atoms with Gasteiger partial charge in [0.15, 0.2) is 5.43 Å². The number of hydrogen-bond acceptors (Lipinski definition) is 4. The minimum absolute atomic E-state index is 0.0710. The van der Waals surface area contributed by atoms with Crippen LogP contribution in [0.4, 0.5) is 0 Å². The molecule has 0 amide bonds. The number of benzene rings is 1. The molecule has 1 aromatic heterocycles. The fourth-order valence-electron chi connectivity index (χ4n) is 3.00. The molecule has 2 aromatic rings. The molecule has 1 fully saturated rings. The number of piperazine rings is 1. The topological polar surface area (TPSA) is 76.6 Å². The Bertz CT molecular complexity index is 805. The summed E-state index contributed by atoms with van der Waals surface area (Å²) in [4.78, 5) is 31.7. The van der Waals surface area contributed by atoms with Gasteiger partial charge in [0.2, 0.25) is 0 Å². The Balaban J connectivity index is 1.99. The third-order valence-corrected chi connectivity index (χ3v) is 4.54. The van der Waals surface area contributed by atoms with Crippen molar-refractivity contribution in [2.24, 2.45) is 0 Å². The Morgan fingerprint density at radius 2 is 1.96 bits per heavy atom. The highest BCUT2D eigenvalue weighted by Gasteiger charge is 2.18. The molecule has 0 atom stereocenters. The molecule has 0 radical (unpaired) electrons. The standard InChI is InChI=1S/C17H21N3O3/c1-11-14(10-20-7-5-19(2)6-8-20)16(21)13-9-12(17(22)23)3-4-15(13)18-11/h3-4,9H,5-8,10H2,1-2H3,(H,18,21)(H,22,23). The maximum absolute atomic E-state index is 12.8. The van der Waals surface area contributed by atoms with E-state index in [0.717, 1.165) is 37.4 Å². The molecule has 1 aliphatic heterocycles. The predicted octanol–water partition coefficient (Wildman–Crippen LogP) is 1.28. The number of pyridine rings is 1. The maximum Gasteiger partial charge on any atom is 0.335 e. The zero-order valence-corrected chi connectivity index (χ0v) is 13.4. The third kappa shape index (κ3) is 3.13. The van der Waals surface area contributed by atoms with Gasteiger partial charge in [-0.05, 0) is 32.2 Å². The Hall–Kier alpha value is -2.18. The first-order valence-electron chi connectivity index (χ1n) is 7.75. The summed E-state index contributed by atoms with van der Waals surface area (Å²) in [5, 5.41) is 9.56. The van der Waals surface area contributed by atoms with Gasteiger partial charge in [-0.3, -0.25) is 9.69 Å². The van der Waals surface area contributed by atoms with Crippen molar-refractivity contribution in [3.8, 4) is 0 Å². The molecule has 6 heteroatoms. The van der Waals surface area contributed by atoms with Crippen molar-refractivity contribution in [3.05, 3.63) is 45.2 Å². The number of carbonyl (C=O) groups is 1. The van der Waals surface area contributed by atoms with Crippen molar-refractivity contribution >= 4 is 16.9 Å². The summed E-state index contributed by atoms with van der Waals surface area (Å²) in [7, 11) is 2.10. The number of nitrogens with zero attached hydrogens (tertiary/aromatic N) is 2. The average molecular weight is 315 g/mol. The van der Waals surface area contributed by atoms with Crippen LogP contribution in [0.15, 0.2) is 23.0 Å². The third-order valence-electron chi connectivity index (χ3n) is 4.54. The van der Waals surface area contributed by atoms with E-state index >= 15 is 0 Å². The van der Waals surface area contributed by atoms with Gasteiger partial charge in [0, 0.05) is 54.9 Å². The van der Waals surface area contributed by atoms with Gasteiger partial charge >= 0.3 is 5.97 Å². The van der Waals surface area contributed by atoms with E-state index in [0.29, 0.717) is 17.4 Å². The lowest BCUT2D eigenvalue weighted by atomic mass is 10.1. The van der Waals surface area contributed by atoms with Crippen molar-refractivity contribution in [2.45, 2.75) is 13.5 Å². The monoisotopic (exact) mass is 315 g/mol. The lowest BCUT2D eigenvalue weighted by Gasteiger charge is -2.32. The quantitative estimate of drug-likeness (QED) is 0.892. The fraction of sp³-hybridized carbons (Fsp3) is 0.412. The summed E-state index contributed by atoms with van der Waals surface area (Å²) in [6, 6.07) is 4.64. The molecule has 1 aliphatic rings. The largest absolute Gasteiger partial charge is 0.478 e. The number of H-pyrrole nitrogens is 1. The number of aromatic carboxylic acids is 1. The summed E-state index contributed by atoms with van der Waals surface area (Å²) in [5.74, 6) is -1.02. The number of aromatic nitrogens is 1. The zero-order valence-electron chi connectivity index (χ0n) is 13.4. The highest BCUT2D eigenvalue weighted by molar-refractivity contribution is 5.93. The van der Waals surface area contributed by atoms with Gasteiger partial charge in [-0.1, -0.05) is 0 Å². The van der Waals surface area contributed by atoms with Gasteiger partial charge < -0.3 is 15.0 Å². The van der Waals surface area contributed by atoms with E-state index in [9.17, 15) is 9.59 Å². The molecule has 2 N–H and O–H groups in total. The Morgan fingerprint density at radius 1 is 1.26 bits per heavy atom. The zero-order chi connectivity index (χ0) is 16.6. The Kier molecular flexibility index (Phi) is 4.19. The molecule has 0 saturated carbocycles. The lowest BCUT2D eigenvalue weighted by Crippen LogP contribution is -2.44. The summed E-state index contributed by atoms with van der Waals surface area (Å²) >= 11 is 0. The first-order chi connectivity index (χ1) is 11.0. The van der Waals surface area contributed by atoms with Gasteiger partial charge in [-0.2, -0.15) is 0 Å². The summed E-state index contributed by atoms with van der Waals surface area (Å²) < 4.78 is 0. The first-order valence-corrected chi connectivity index (χ1v) is 7.75. The van der Waals surface area contributed by atoms with Crippen molar-refractivity contribution in [2.75, 3.05) is 33.2 Å². The fourth-order valence-corrected chi connectivity index (χ4v) is 3.00. The molecular formula is C17H21N3O3. The molecule has 23 heavy (non-hydrogen) atoms. The van der Waals surface area contributed by atoms with Gasteiger partial charge in [0.05, 0.1) is 5.56 Å². The maximum atomic E-state index is 12.8. The van der Waals surface area contributed by atoms with Crippen LogP contribution in [0.5, 0.6) is 0 Å². The average Bonchev–Trinajstić information content (AvgIpc) is 2.53. The van der Waals surface area contributed by atoms with Crippen LogP contribution in [-0.2, 0) is 6.54 Å². The molecule has 1 saturated heterocycles. The van der Waals surface area contributed by atoms with E-state index < -0.39 is 5.97 Å². The molecular weight excluding hydrogens is 294 g/mol. The summed E-state index contributed by atoms with van der Waals surface area (Å²) in [6.07, 6.45) is 0. The first kappa shape index (κ1) is 15.7. The number of carboxylic acid groups (broad SMARTS) is 1. The van der Waals surface area contributed by atoms with Crippen LogP contribution in [0.1, 0.15) is 21.6 Å². The van der Waals surface area contributed by atoms with Crippen LogP contribution in [-0.4, -0.2) is 59.1 Å². The second-order valence-electron chi connectivity index (χ2n) is 6.20. The summed E-state index contributed by atoms with van der Waals surface area (Å²) in [6.45, 7) is 6.35. The molecule has 122 valence electrons. The molecule has 0 aliphatic carbocycles. The van der Waals surface area contributed by atoms with Gasteiger partial charge in [-0.15, -0.1) is 0 Å². The molecule has 0 spiro atoms. The molecule has 6 nitrogen and oxygen atoms in total. The highest BCUT2D eigenvalue weighted by Crippen LogP contribution is 2.15.